The number of nitrogens with one attached hydrogen (secondary N) is 1. The monoisotopic (exact) mass is 191 g/mol. The Labute approximate surface area is 76.8 Å². The average molecular weight is 191 g/mol. The molecule has 0 aromatic carbocycles. The van der Waals surface area contributed by atoms with Gasteiger partial charge in [0.1, 0.15) is 6.04 Å². The highest BCUT2D eigenvalue weighted by Gasteiger charge is 2.17. The maximum Gasteiger partial charge on any atom is 0.326 e. The fraction of sp³-hybridized carbons (Fsp3) is 0.714. The van der Waals surface area contributed by atoms with Gasteiger partial charge in [-0.05, 0) is 6.42 Å². The van der Waals surface area contributed by atoms with Crippen molar-refractivity contribution in [2.75, 3.05) is 5.75 Å². The molecule has 0 radical (unpaired) electrons. The van der Waals surface area contributed by atoms with Gasteiger partial charge in [-0.1, -0.05) is 13.3 Å². The highest BCUT2D eigenvalue weighted by Crippen LogP contribution is 1.96. The van der Waals surface area contributed by atoms with Crippen LogP contribution in [0.15, 0.2) is 0 Å². The van der Waals surface area contributed by atoms with Crippen LogP contribution in [0.3, 0.4) is 0 Å². The van der Waals surface area contributed by atoms with Crippen LogP contribution in [0.1, 0.15) is 19.8 Å². The summed E-state index contributed by atoms with van der Waals surface area (Å²) in [6.07, 6.45) is 1.18. The molecule has 0 aromatic rings. The molecular weight excluding hydrogens is 178 g/mol. The third-order valence-corrected chi connectivity index (χ3v) is 1.64. The van der Waals surface area contributed by atoms with Crippen molar-refractivity contribution in [3.8, 4) is 0 Å². The summed E-state index contributed by atoms with van der Waals surface area (Å²) < 4.78 is 0. The van der Waals surface area contributed by atoms with Crippen molar-refractivity contribution in [2.45, 2.75) is 25.8 Å². The van der Waals surface area contributed by atoms with Crippen LogP contribution >= 0.6 is 12.6 Å². The minimum atomic E-state index is -0.994. The Morgan fingerprint density at radius 3 is 2.50 bits per heavy atom. The lowest BCUT2D eigenvalue weighted by molar-refractivity contribution is -0.141. The van der Waals surface area contributed by atoms with Crippen molar-refractivity contribution in [3.05, 3.63) is 0 Å². The highest BCUT2D eigenvalue weighted by molar-refractivity contribution is 7.81. The van der Waals surface area contributed by atoms with Crippen molar-refractivity contribution in [1.82, 2.24) is 5.32 Å². The normalized spacial score (nSPS) is 12.2. The number of hydrogen-bond donors (Lipinski definition) is 3. The van der Waals surface area contributed by atoms with Crippen LogP contribution in [0, 0.1) is 0 Å². The first-order chi connectivity index (χ1) is 5.61. The second-order valence-electron chi connectivity index (χ2n) is 2.41. The summed E-state index contributed by atoms with van der Waals surface area (Å²) in [6, 6.07) is -0.769. The lowest BCUT2D eigenvalue weighted by atomic mass is 10.2. The largest absolute Gasteiger partial charge is 0.480 e. The fourth-order valence-electron chi connectivity index (χ4n) is 0.786. The molecule has 1 unspecified atom stereocenters. The molecule has 0 saturated heterocycles. The Morgan fingerprint density at radius 2 is 2.17 bits per heavy atom. The summed E-state index contributed by atoms with van der Waals surface area (Å²) in [5.41, 5.74) is 0. The molecule has 0 rings (SSSR count). The lowest BCUT2D eigenvalue weighted by Crippen LogP contribution is -2.41. The summed E-state index contributed by atoms with van der Waals surface area (Å²) >= 11 is 3.72. The number of rotatable bonds is 5. The van der Waals surface area contributed by atoms with E-state index in [1.807, 2.05) is 6.92 Å². The Kier molecular flexibility index (Phi) is 5.53. The first kappa shape index (κ1) is 11.3. The topological polar surface area (TPSA) is 66.4 Å². The second kappa shape index (κ2) is 5.88. The first-order valence-corrected chi connectivity index (χ1v) is 4.38. The van der Waals surface area contributed by atoms with Crippen LogP contribution in [-0.4, -0.2) is 28.8 Å². The zero-order chi connectivity index (χ0) is 9.56. The number of hydrogen-bond acceptors (Lipinski definition) is 3. The molecule has 0 bridgehead atoms. The fourth-order valence-corrected chi connectivity index (χ4v) is 0.877. The van der Waals surface area contributed by atoms with E-state index in [1.165, 1.54) is 0 Å². The Balaban J connectivity index is 3.95. The van der Waals surface area contributed by atoms with Crippen LogP contribution in [0.4, 0.5) is 0 Å². The van der Waals surface area contributed by atoms with Gasteiger partial charge in [0.15, 0.2) is 0 Å². The molecular formula is C7H13NO3S. The second-order valence-corrected chi connectivity index (χ2v) is 2.72. The summed E-state index contributed by atoms with van der Waals surface area (Å²) in [5, 5.41) is 11.0. The maximum absolute atomic E-state index is 10.8. The van der Waals surface area contributed by atoms with Gasteiger partial charge in [0.05, 0.1) is 5.75 Å². The van der Waals surface area contributed by atoms with Crippen molar-refractivity contribution in [1.29, 1.82) is 0 Å². The van der Waals surface area contributed by atoms with Gasteiger partial charge in [-0.2, -0.15) is 12.6 Å². The zero-order valence-electron chi connectivity index (χ0n) is 6.91. The van der Waals surface area contributed by atoms with E-state index >= 15 is 0 Å². The summed E-state index contributed by atoms with van der Waals surface area (Å²) in [5.74, 6) is -1.32. The van der Waals surface area contributed by atoms with Gasteiger partial charge in [-0.15, -0.1) is 0 Å². The molecule has 12 heavy (non-hydrogen) atoms. The Morgan fingerprint density at radius 1 is 1.58 bits per heavy atom. The van der Waals surface area contributed by atoms with E-state index in [1.54, 1.807) is 0 Å². The van der Waals surface area contributed by atoms with Gasteiger partial charge in [0, 0.05) is 0 Å². The van der Waals surface area contributed by atoms with E-state index in [9.17, 15) is 9.59 Å². The maximum atomic E-state index is 10.8. The number of carboxylic acids is 1. The average Bonchev–Trinajstić information content (AvgIpc) is 2.03. The van der Waals surface area contributed by atoms with Crippen molar-refractivity contribution < 1.29 is 14.7 Å². The van der Waals surface area contributed by atoms with E-state index in [-0.39, 0.29) is 11.7 Å². The van der Waals surface area contributed by atoms with E-state index in [4.69, 9.17) is 5.11 Å². The van der Waals surface area contributed by atoms with Gasteiger partial charge in [-0.25, -0.2) is 4.79 Å². The van der Waals surface area contributed by atoms with Gasteiger partial charge in [0.25, 0.3) is 0 Å². The van der Waals surface area contributed by atoms with Crippen molar-refractivity contribution in [3.63, 3.8) is 0 Å². The van der Waals surface area contributed by atoms with Crippen LogP contribution in [0.2, 0.25) is 0 Å². The predicted molar refractivity (Wildman–Crippen MR) is 48.3 cm³/mol. The van der Waals surface area contributed by atoms with E-state index in [2.05, 4.69) is 17.9 Å². The van der Waals surface area contributed by atoms with Gasteiger partial charge in [-0.3, -0.25) is 4.79 Å². The first-order valence-electron chi connectivity index (χ1n) is 3.74. The van der Waals surface area contributed by atoms with Crippen LogP contribution in [0.25, 0.3) is 0 Å². The molecule has 0 aliphatic rings. The highest BCUT2D eigenvalue weighted by atomic mass is 32.1. The zero-order valence-corrected chi connectivity index (χ0v) is 7.80. The molecule has 0 aromatic heterocycles. The predicted octanol–water partition coefficient (Wildman–Crippen LogP) is 0.286. The number of carbonyl (C=O) groups excluding carboxylic acids is 1. The van der Waals surface area contributed by atoms with Gasteiger partial charge < -0.3 is 10.4 Å². The minimum Gasteiger partial charge on any atom is -0.480 e. The Bertz CT molecular complexity index is 170. The van der Waals surface area contributed by atoms with Crippen LogP contribution in [0.5, 0.6) is 0 Å². The molecule has 5 heteroatoms. The molecule has 0 fully saturated rings. The number of thiol groups is 1. The van der Waals surface area contributed by atoms with Crippen LogP contribution < -0.4 is 5.32 Å². The summed E-state index contributed by atoms with van der Waals surface area (Å²) in [6.45, 7) is 1.86. The van der Waals surface area contributed by atoms with Crippen molar-refractivity contribution >= 4 is 24.5 Å². The number of aliphatic carboxylic acids is 1. The molecule has 0 aliphatic heterocycles. The summed E-state index contributed by atoms with van der Waals surface area (Å²) in [7, 11) is 0. The Hall–Kier alpha value is -0.710. The van der Waals surface area contributed by atoms with E-state index < -0.39 is 12.0 Å². The molecule has 0 spiro atoms. The molecule has 4 nitrogen and oxygen atoms in total. The SMILES string of the molecule is CCCC(NC(=O)CS)C(=O)O. The third kappa shape index (κ3) is 4.23. The van der Waals surface area contributed by atoms with Crippen LogP contribution in [-0.2, 0) is 9.59 Å². The van der Waals surface area contributed by atoms with E-state index in [0.717, 1.165) is 6.42 Å². The van der Waals surface area contributed by atoms with E-state index in [0.29, 0.717) is 6.42 Å². The molecule has 2 N–H and O–H groups in total. The van der Waals surface area contributed by atoms with Gasteiger partial charge in [0.2, 0.25) is 5.91 Å². The number of carboxylic acid groups (broad SMARTS) is 1. The molecule has 0 saturated carbocycles. The molecule has 70 valence electrons. The smallest absolute Gasteiger partial charge is 0.326 e. The number of amides is 1. The minimum absolute atomic E-state index is 0.0213. The van der Waals surface area contributed by atoms with Gasteiger partial charge >= 0.3 is 5.97 Å². The summed E-state index contributed by atoms with van der Waals surface area (Å²) in [4.78, 5) is 21.3. The molecule has 1 atom stereocenters. The molecule has 0 heterocycles. The standard InChI is InChI=1S/C7H13NO3S/c1-2-3-5(7(10)11)8-6(9)4-12/h5,12H,2-4H2,1H3,(H,8,9)(H,10,11). The quantitative estimate of drug-likeness (QED) is 0.547. The third-order valence-electron chi connectivity index (χ3n) is 1.35. The van der Waals surface area contributed by atoms with Crippen molar-refractivity contribution in [2.24, 2.45) is 0 Å². The molecule has 1 amide bonds. The number of carbonyl (C=O) groups is 2. The lowest BCUT2D eigenvalue weighted by Gasteiger charge is -2.11. The molecule has 0 aliphatic carbocycles.